The molecule has 0 unspecified atom stereocenters. The Bertz CT molecular complexity index is 1130. The Morgan fingerprint density at radius 2 is 2.09 bits per heavy atom. The van der Waals surface area contributed by atoms with Gasteiger partial charge in [-0.15, -0.1) is 11.3 Å². The summed E-state index contributed by atoms with van der Waals surface area (Å²) in [6.45, 7) is 1.13. The second-order valence-electron chi connectivity index (χ2n) is 7.71. The molecule has 32 heavy (non-hydrogen) atoms. The second-order valence-corrected chi connectivity index (χ2v) is 9.90. The highest BCUT2D eigenvalue weighted by Crippen LogP contribution is 2.34. The Morgan fingerprint density at radius 3 is 2.94 bits per heavy atom. The van der Waals surface area contributed by atoms with Crippen LogP contribution < -0.4 is 15.6 Å². The molecule has 170 valence electrons. The lowest BCUT2D eigenvalue weighted by Gasteiger charge is -2.07. The van der Waals surface area contributed by atoms with Crippen molar-refractivity contribution in [2.75, 3.05) is 18.9 Å². The van der Waals surface area contributed by atoms with Gasteiger partial charge in [-0.25, -0.2) is 9.37 Å². The Hall–Kier alpha value is -2.39. The average Bonchev–Trinajstić information content (AvgIpc) is 3.36. The number of amides is 1. The van der Waals surface area contributed by atoms with Crippen LogP contribution in [-0.2, 0) is 23.4 Å². The van der Waals surface area contributed by atoms with Crippen LogP contribution in [0.3, 0.4) is 0 Å². The summed E-state index contributed by atoms with van der Waals surface area (Å²) in [5.74, 6) is 2.31. The third kappa shape index (κ3) is 5.89. The molecule has 0 bridgehead atoms. The van der Waals surface area contributed by atoms with Crippen LogP contribution in [0.4, 0.5) is 4.39 Å². The van der Waals surface area contributed by atoms with Gasteiger partial charge in [0.05, 0.1) is 17.7 Å². The summed E-state index contributed by atoms with van der Waals surface area (Å²) in [7, 11) is 0. The topological polar surface area (TPSA) is 84.1 Å². The van der Waals surface area contributed by atoms with Crippen molar-refractivity contribution in [3.63, 3.8) is 0 Å². The molecule has 2 aromatic heterocycles. The molecule has 1 aliphatic rings. The number of benzene rings is 1. The number of nitrogens with zero attached hydrogens (tertiary/aromatic N) is 1. The van der Waals surface area contributed by atoms with Crippen LogP contribution in [0.2, 0.25) is 0 Å². The summed E-state index contributed by atoms with van der Waals surface area (Å²) < 4.78 is 18.4. The van der Waals surface area contributed by atoms with Crippen LogP contribution in [0.15, 0.2) is 29.1 Å². The number of ether oxygens (including phenoxy) is 1. The van der Waals surface area contributed by atoms with Crippen LogP contribution >= 0.6 is 23.1 Å². The highest BCUT2D eigenvalue weighted by atomic mass is 32.2. The molecular weight excluding hydrogens is 449 g/mol. The van der Waals surface area contributed by atoms with E-state index in [1.165, 1.54) is 22.6 Å². The molecule has 1 aliphatic carbocycles. The third-order valence-electron chi connectivity index (χ3n) is 5.31. The summed E-state index contributed by atoms with van der Waals surface area (Å²) in [4.78, 5) is 34.1. The highest BCUT2D eigenvalue weighted by Gasteiger charge is 2.21. The minimum atomic E-state index is -0.283. The SMILES string of the molecule is O=C(CCSCc1nc2sc3c(c2c(=O)[nH]1)CCC3)NCCCCOc1ccc(F)cc1. The molecule has 2 heterocycles. The van der Waals surface area contributed by atoms with Gasteiger partial charge >= 0.3 is 0 Å². The number of hydrogen-bond acceptors (Lipinski definition) is 6. The number of aryl methyl sites for hydroxylation is 2. The minimum Gasteiger partial charge on any atom is -0.494 e. The van der Waals surface area contributed by atoms with E-state index >= 15 is 0 Å². The van der Waals surface area contributed by atoms with Gasteiger partial charge in [0, 0.05) is 23.6 Å². The summed E-state index contributed by atoms with van der Waals surface area (Å²) in [6, 6.07) is 5.94. The monoisotopic (exact) mass is 475 g/mol. The predicted molar refractivity (Wildman–Crippen MR) is 127 cm³/mol. The van der Waals surface area contributed by atoms with Gasteiger partial charge in [0.25, 0.3) is 5.56 Å². The lowest BCUT2D eigenvalue weighted by atomic mass is 10.2. The fourth-order valence-corrected chi connectivity index (χ4v) is 5.80. The zero-order chi connectivity index (χ0) is 22.3. The van der Waals surface area contributed by atoms with Gasteiger partial charge in [-0.05, 0) is 61.9 Å². The Kier molecular flexibility index (Phi) is 7.81. The molecule has 2 N–H and O–H groups in total. The maximum atomic E-state index is 12.8. The fraction of sp³-hybridized carbons (Fsp3) is 0.435. The third-order valence-corrected chi connectivity index (χ3v) is 7.47. The number of rotatable bonds is 11. The molecule has 6 nitrogen and oxygen atoms in total. The Morgan fingerprint density at radius 1 is 1.25 bits per heavy atom. The molecule has 1 amide bonds. The number of aromatic amines is 1. The van der Waals surface area contributed by atoms with E-state index in [-0.39, 0.29) is 17.3 Å². The zero-order valence-electron chi connectivity index (χ0n) is 17.7. The number of carbonyl (C=O) groups is 1. The van der Waals surface area contributed by atoms with E-state index in [4.69, 9.17) is 4.74 Å². The van der Waals surface area contributed by atoms with Crippen LogP contribution in [0.25, 0.3) is 10.2 Å². The average molecular weight is 476 g/mol. The van der Waals surface area contributed by atoms with Gasteiger partial charge in [-0.1, -0.05) is 0 Å². The molecule has 0 spiro atoms. The van der Waals surface area contributed by atoms with Gasteiger partial charge in [-0.2, -0.15) is 11.8 Å². The zero-order valence-corrected chi connectivity index (χ0v) is 19.4. The van der Waals surface area contributed by atoms with Crippen molar-refractivity contribution >= 4 is 39.2 Å². The van der Waals surface area contributed by atoms with Gasteiger partial charge in [0.2, 0.25) is 5.91 Å². The highest BCUT2D eigenvalue weighted by molar-refractivity contribution is 7.98. The van der Waals surface area contributed by atoms with Crippen LogP contribution in [0, 0.1) is 5.82 Å². The lowest BCUT2D eigenvalue weighted by Crippen LogP contribution is -2.25. The van der Waals surface area contributed by atoms with Crippen molar-refractivity contribution in [2.45, 2.75) is 44.3 Å². The van der Waals surface area contributed by atoms with Crippen LogP contribution in [0.5, 0.6) is 5.75 Å². The quantitative estimate of drug-likeness (QED) is 0.406. The smallest absolute Gasteiger partial charge is 0.259 e. The summed E-state index contributed by atoms with van der Waals surface area (Å²) in [5, 5.41) is 3.69. The molecule has 9 heteroatoms. The second kappa shape index (κ2) is 11.0. The van der Waals surface area contributed by atoms with Gasteiger partial charge in [0.1, 0.15) is 22.2 Å². The number of unbranched alkanes of at least 4 members (excludes halogenated alkanes) is 1. The van der Waals surface area contributed by atoms with E-state index in [9.17, 15) is 14.0 Å². The van der Waals surface area contributed by atoms with E-state index < -0.39 is 0 Å². The number of fused-ring (bicyclic) bond motifs is 3. The standard InChI is InChI=1S/C23H26FN3O3S2/c24-15-6-8-16(9-7-15)30-12-2-1-11-25-20(28)10-13-31-14-19-26-22(29)21-17-4-3-5-18(17)32-23(21)27-19/h6-9H,1-5,10-14H2,(H,25,28)(H,26,27,29). The lowest BCUT2D eigenvalue weighted by molar-refractivity contribution is -0.120. The van der Waals surface area contributed by atoms with Crippen molar-refractivity contribution in [3.8, 4) is 5.75 Å². The predicted octanol–water partition coefficient (Wildman–Crippen LogP) is 4.21. The van der Waals surface area contributed by atoms with Gasteiger partial charge in [-0.3, -0.25) is 9.59 Å². The molecular formula is C23H26FN3O3S2. The van der Waals surface area contributed by atoms with Crippen molar-refractivity contribution in [1.29, 1.82) is 0 Å². The van der Waals surface area contributed by atoms with Crippen molar-refractivity contribution in [1.82, 2.24) is 15.3 Å². The van der Waals surface area contributed by atoms with E-state index in [1.807, 2.05) is 0 Å². The van der Waals surface area contributed by atoms with Crippen LogP contribution in [0.1, 0.15) is 41.9 Å². The maximum Gasteiger partial charge on any atom is 0.259 e. The summed E-state index contributed by atoms with van der Waals surface area (Å²) >= 11 is 3.24. The maximum absolute atomic E-state index is 12.8. The van der Waals surface area contributed by atoms with E-state index in [0.29, 0.717) is 42.7 Å². The number of halogens is 1. The first-order valence-corrected chi connectivity index (χ1v) is 12.8. The molecule has 0 saturated carbocycles. The first kappa shape index (κ1) is 22.8. The molecule has 0 atom stereocenters. The van der Waals surface area contributed by atoms with E-state index in [0.717, 1.165) is 42.3 Å². The largest absolute Gasteiger partial charge is 0.494 e. The van der Waals surface area contributed by atoms with Crippen molar-refractivity contribution < 1.29 is 13.9 Å². The van der Waals surface area contributed by atoms with Gasteiger partial charge in [0.15, 0.2) is 0 Å². The Balaban J connectivity index is 1.09. The Labute approximate surface area is 194 Å². The van der Waals surface area contributed by atoms with Crippen molar-refractivity contribution in [3.05, 3.63) is 56.7 Å². The summed E-state index contributed by atoms with van der Waals surface area (Å²) in [5.41, 5.74) is 1.16. The number of nitrogens with one attached hydrogen (secondary N) is 2. The molecule has 0 saturated heterocycles. The van der Waals surface area contributed by atoms with Crippen LogP contribution in [-0.4, -0.2) is 34.8 Å². The molecule has 1 aromatic carbocycles. The van der Waals surface area contributed by atoms with E-state index in [2.05, 4.69) is 15.3 Å². The number of aromatic nitrogens is 2. The first-order chi connectivity index (χ1) is 15.6. The first-order valence-electron chi connectivity index (χ1n) is 10.9. The molecule has 0 fully saturated rings. The van der Waals surface area contributed by atoms with Gasteiger partial charge < -0.3 is 15.0 Å². The molecule has 3 aromatic rings. The fourth-order valence-electron chi connectivity index (χ4n) is 3.71. The molecule has 0 aliphatic heterocycles. The molecule has 0 radical (unpaired) electrons. The normalized spacial score (nSPS) is 12.8. The number of carbonyl (C=O) groups excluding carboxylic acids is 1. The van der Waals surface area contributed by atoms with E-state index in [1.54, 1.807) is 35.2 Å². The minimum absolute atomic E-state index is 0.0172. The number of thiophene rings is 1. The number of hydrogen-bond donors (Lipinski definition) is 2. The number of thioether (sulfide) groups is 1. The number of H-pyrrole nitrogens is 1. The summed E-state index contributed by atoms with van der Waals surface area (Å²) in [6.07, 6.45) is 5.20. The molecule has 4 rings (SSSR count). The van der Waals surface area contributed by atoms with Crippen molar-refractivity contribution in [2.24, 2.45) is 0 Å².